The molecular weight excluding hydrogens is 204 g/mol. The number of pyridine rings is 1. The molecule has 4 nitrogen and oxygen atoms in total. The number of carbonyl (C=O) groups excluding carboxylic acids is 1. The van der Waals surface area contributed by atoms with Gasteiger partial charge in [0.05, 0.1) is 12.1 Å². The fraction of sp³-hybridized carbons (Fsp3) is 0.500. The molecule has 0 aliphatic rings. The van der Waals surface area contributed by atoms with Gasteiger partial charge < -0.3 is 10.4 Å². The lowest BCUT2D eigenvalue weighted by atomic mass is 9.99. The summed E-state index contributed by atoms with van der Waals surface area (Å²) in [6, 6.07) is 3.39. The summed E-state index contributed by atoms with van der Waals surface area (Å²) in [4.78, 5) is 15.9. The van der Waals surface area contributed by atoms with Gasteiger partial charge in [0.2, 0.25) is 0 Å². The fourth-order valence-corrected chi connectivity index (χ4v) is 1.27. The molecule has 1 aromatic rings. The molecule has 0 saturated heterocycles. The minimum atomic E-state index is -0.561. The van der Waals surface area contributed by atoms with Gasteiger partial charge in [0, 0.05) is 17.5 Å². The topological polar surface area (TPSA) is 62.2 Å². The van der Waals surface area contributed by atoms with Crippen molar-refractivity contribution in [2.75, 3.05) is 6.61 Å². The second kappa shape index (κ2) is 5.07. The minimum Gasteiger partial charge on any atom is -0.394 e. The first-order chi connectivity index (χ1) is 7.50. The number of hydrogen-bond donors (Lipinski definition) is 2. The van der Waals surface area contributed by atoms with Crippen LogP contribution in [0.3, 0.4) is 0 Å². The number of aryl methyl sites for hydroxylation is 1. The van der Waals surface area contributed by atoms with Crippen molar-refractivity contribution in [3.63, 3.8) is 0 Å². The van der Waals surface area contributed by atoms with Gasteiger partial charge in [-0.1, -0.05) is 6.92 Å². The van der Waals surface area contributed by atoms with Crippen molar-refractivity contribution < 1.29 is 9.90 Å². The van der Waals surface area contributed by atoms with Gasteiger partial charge in [-0.2, -0.15) is 0 Å². The van der Waals surface area contributed by atoms with Crippen LogP contribution in [0.4, 0.5) is 0 Å². The van der Waals surface area contributed by atoms with Gasteiger partial charge in [-0.05, 0) is 32.4 Å². The SMILES string of the molecule is CCC(C)(CO)NC(=O)c1ccnc(C)c1. The Morgan fingerprint density at radius 2 is 2.31 bits per heavy atom. The van der Waals surface area contributed by atoms with Gasteiger partial charge in [-0.15, -0.1) is 0 Å². The summed E-state index contributed by atoms with van der Waals surface area (Å²) in [7, 11) is 0. The zero-order valence-corrected chi connectivity index (χ0v) is 9.95. The molecule has 0 bridgehead atoms. The Morgan fingerprint density at radius 3 is 2.81 bits per heavy atom. The number of amides is 1. The standard InChI is InChI=1S/C12H18N2O2/c1-4-12(3,8-15)14-11(16)10-5-6-13-9(2)7-10/h5-7,15H,4,8H2,1-3H3,(H,14,16). The second-order valence-corrected chi connectivity index (χ2v) is 4.21. The van der Waals surface area contributed by atoms with Gasteiger partial charge in [-0.3, -0.25) is 9.78 Å². The van der Waals surface area contributed by atoms with Crippen molar-refractivity contribution in [2.45, 2.75) is 32.7 Å². The van der Waals surface area contributed by atoms with Crippen molar-refractivity contribution in [3.05, 3.63) is 29.6 Å². The lowest BCUT2D eigenvalue weighted by molar-refractivity contribution is 0.0847. The van der Waals surface area contributed by atoms with Crippen molar-refractivity contribution in [1.82, 2.24) is 10.3 Å². The van der Waals surface area contributed by atoms with E-state index in [-0.39, 0.29) is 12.5 Å². The maximum atomic E-state index is 11.9. The van der Waals surface area contributed by atoms with Gasteiger partial charge in [0.15, 0.2) is 0 Å². The number of hydrogen-bond acceptors (Lipinski definition) is 3. The molecule has 0 fully saturated rings. The largest absolute Gasteiger partial charge is 0.394 e. The number of aromatic nitrogens is 1. The van der Waals surface area contributed by atoms with Crippen LogP contribution in [-0.2, 0) is 0 Å². The molecule has 1 unspecified atom stereocenters. The summed E-state index contributed by atoms with van der Waals surface area (Å²) in [5.74, 6) is -0.177. The molecule has 1 rings (SSSR count). The maximum Gasteiger partial charge on any atom is 0.251 e. The molecule has 0 radical (unpaired) electrons. The van der Waals surface area contributed by atoms with E-state index in [0.717, 1.165) is 5.69 Å². The first kappa shape index (κ1) is 12.6. The Morgan fingerprint density at radius 1 is 1.62 bits per heavy atom. The summed E-state index contributed by atoms with van der Waals surface area (Å²) in [5.41, 5.74) is 0.810. The lowest BCUT2D eigenvalue weighted by Crippen LogP contribution is -2.48. The number of aliphatic hydroxyl groups excluding tert-OH is 1. The van der Waals surface area contributed by atoms with Crippen LogP contribution in [0.15, 0.2) is 18.3 Å². The van der Waals surface area contributed by atoms with E-state index in [4.69, 9.17) is 0 Å². The van der Waals surface area contributed by atoms with E-state index in [0.29, 0.717) is 12.0 Å². The Kier molecular flexibility index (Phi) is 4.01. The van der Waals surface area contributed by atoms with E-state index in [9.17, 15) is 9.90 Å². The highest BCUT2D eigenvalue weighted by atomic mass is 16.3. The number of rotatable bonds is 4. The smallest absolute Gasteiger partial charge is 0.251 e. The Balaban J connectivity index is 2.80. The number of carbonyl (C=O) groups is 1. The molecule has 4 heteroatoms. The third-order valence-corrected chi connectivity index (χ3v) is 2.70. The van der Waals surface area contributed by atoms with E-state index in [1.807, 2.05) is 20.8 Å². The summed E-state index contributed by atoms with van der Waals surface area (Å²) < 4.78 is 0. The van der Waals surface area contributed by atoms with Crippen LogP contribution in [-0.4, -0.2) is 28.1 Å². The molecule has 0 aromatic carbocycles. The normalized spacial score (nSPS) is 14.2. The highest BCUT2D eigenvalue weighted by Crippen LogP contribution is 2.10. The molecule has 1 atom stereocenters. The minimum absolute atomic E-state index is 0.0701. The third kappa shape index (κ3) is 3.03. The van der Waals surface area contributed by atoms with Crippen LogP contribution in [0.2, 0.25) is 0 Å². The Labute approximate surface area is 95.7 Å². The summed E-state index contributed by atoms with van der Waals surface area (Å²) in [6.45, 7) is 5.51. The van der Waals surface area contributed by atoms with Crippen molar-refractivity contribution in [2.24, 2.45) is 0 Å². The van der Waals surface area contributed by atoms with E-state index in [1.165, 1.54) is 0 Å². The van der Waals surface area contributed by atoms with E-state index in [2.05, 4.69) is 10.3 Å². The molecule has 2 N–H and O–H groups in total. The maximum absolute atomic E-state index is 11.9. The predicted octanol–water partition coefficient (Wildman–Crippen LogP) is 1.28. The van der Waals surface area contributed by atoms with Crippen LogP contribution in [0.5, 0.6) is 0 Å². The number of nitrogens with one attached hydrogen (secondary N) is 1. The molecule has 0 aliphatic carbocycles. The molecule has 0 spiro atoms. The molecule has 1 amide bonds. The predicted molar refractivity (Wildman–Crippen MR) is 62.2 cm³/mol. The van der Waals surface area contributed by atoms with Gasteiger partial charge in [0.25, 0.3) is 5.91 Å². The average Bonchev–Trinajstić information content (AvgIpc) is 2.29. The second-order valence-electron chi connectivity index (χ2n) is 4.21. The summed E-state index contributed by atoms with van der Waals surface area (Å²) in [6.07, 6.45) is 2.28. The number of aliphatic hydroxyl groups is 1. The van der Waals surface area contributed by atoms with Crippen LogP contribution in [0.1, 0.15) is 36.3 Å². The average molecular weight is 222 g/mol. The molecule has 88 valence electrons. The Bertz CT molecular complexity index is 373. The zero-order chi connectivity index (χ0) is 12.2. The molecule has 16 heavy (non-hydrogen) atoms. The highest BCUT2D eigenvalue weighted by molar-refractivity contribution is 5.94. The summed E-state index contributed by atoms with van der Waals surface area (Å²) >= 11 is 0. The molecular formula is C12H18N2O2. The monoisotopic (exact) mass is 222 g/mol. The van der Waals surface area contributed by atoms with Gasteiger partial charge >= 0.3 is 0 Å². The highest BCUT2D eigenvalue weighted by Gasteiger charge is 2.23. The first-order valence-corrected chi connectivity index (χ1v) is 5.37. The zero-order valence-electron chi connectivity index (χ0n) is 9.95. The van der Waals surface area contributed by atoms with Crippen LogP contribution < -0.4 is 5.32 Å². The molecule has 1 aromatic heterocycles. The van der Waals surface area contributed by atoms with E-state index in [1.54, 1.807) is 18.3 Å². The van der Waals surface area contributed by atoms with Gasteiger partial charge in [-0.25, -0.2) is 0 Å². The van der Waals surface area contributed by atoms with Crippen molar-refractivity contribution in [3.8, 4) is 0 Å². The molecule has 1 heterocycles. The van der Waals surface area contributed by atoms with Crippen LogP contribution in [0, 0.1) is 6.92 Å². The quantitative estimate of drug-likeness (QED) is 0.806. The van der Waals surface area contributed by atoms with E-state index >= 15 is 0 Å². The van der Waals surface area contributed by atoms with Crippen LogP contribution in [0.25, 0.3) is 0 Å². The lowest BCUT2D eigenvalue weighted by Gasteiger charge is -2.27. The number of nitrogens with zero attached hydrogens (tertiary/aromatic N) is 1. The third-order valence-electron chi connectivity index (χ3n) is 2.70. The summed E-state index contributed by atoms with van der Waals surface area (Å²) in [5, 5.41) is 12.0. The van der Waals surface area contributed by atoms with Crippen molar-refractivity contribution >= 4 is 5.91 Å². The van der Waals surface area contributed by atoms with Gasteiger partial charge in [0.1, 0.15) is 0 Å². The fourth-order valence-electron chi connectivity index (χ4n) is 1.27. The first-order valence-electron chi connectivity index (χ1n) is 5.37. The van der Waals surface area contributed by atoms with Crippen molar-refractivity contribution in [1.29, 1.82) is 0 Å². The molecule has 0 aliphatic heterocycles. The molecule has 0 saturated carbocycles. The Hall–Kier alpha value is -1.42. The van der Waals surface area contributed by atoms with E-state index < -0.39 is 5.54 Å². The van der Waals surface area contributed by atoms with Crippen LogP contribution >= 0.6 is 0 Å².